The number of anilines is 1. The molecule has 0 spiro atoms. The molecule has 0 bridgehead atoms. The van der Waals surface area contributed by atoms with Gasteiger partial charge in [0, 0.05) is 43.5 Å². The lowest BCUT2D eigenvalue weighted by Crippen LogP contribution is -2.53. The number of piperazine rings is 1. The molecule has 1 aromatic carbocycles. The normalized spacial score (nSPS) is 23.0. The van der Waals surface area contributed by atoms with Crippen LogP contribution in [0.4, 0.5) is 10.5 Å². The summed E-state index contributed by atoms with van der Waals surface area (Å²) in [6.45, 7) is 4.24. The van der Waals surface area contributed by atoms with E-state index in [1.807, 2.05) is 6.92 Å². The van der Waals surface area contributed by atoms with Gasteiger partial charge < -0.3 is 16.0 Å². The lowest BCUT2D eigenvalue weighted by atomic mass is 10.1. The van der Waals surface area contributed by atoms with Gasteiger partial charge in [0.05, 0.1) is 11.5 Å². The van der Waals surface area contributed by atoms with Gasteiger partial charge in [-0.1, -0.05) is 6.07 Å². The van der Waals surface area contributed by atoms with Crippen LogP contribution in [0, 0.1) is 6.92 Å². The van der Waals surface area contributed by atoms with Crippen LogP contribution >= 0.6 is 0 Å². The highest BCUT2D eigenvalue weighted by Crippen LogP contribution is 2.21. The van der Waals surface area contributed by atoms with Crippen LogP contribution in [-0.2, 0) is 9.84 Å². The summed E-state index contributed by atoms with van der Waals surface area (Å²) in [6, 6.07) is 4.79. The van der Waals surface area contributed by atoms with Crippen LogP contribution in [0.25, 0.3) is 0 Å². The lowest BCUT2D eigenvalue weighted by Gasteiger charge is -2.37. The van der Waals surface area contributed by atoms with Crippen molar-refractivity contribution in [3.63, 3.8) is 0 Å². The van der Waals surface area contributed by atoms with Crippen LogP contribution in [-0.4, -0.2) is 73.9 Å². The Kier molecular flexibility index (Phi) is 5.19. The molecule has 0 aromatic heterocycles. The van der Waals surface area contributed by atoms with Gasteiger partial charge in [0.15, 0.2) is 9.84 Å². The summed E-state index contributed by atoms with van der Waals surface area (Å²) in [5.74, 6) is -0.0628. The van der Waals surface area contributed by atoms with E-state index in [9.17, 15) is 18.0 Å². The molecule has 2 saturated heterocycles. The molecule has 142 valence electrons. The second-order valence-corrected chi connectivity index (χ2v) is 9.13. The first-order valence-electron chi connectivity index (χ1n) is 8.66. The van der Waals surface area contributed by atoms with Gasteiger partial charge >= 0.3 is 6.03 Å². The quantitative estimate of drug-likeness (QED) is 0.790. The molecule has 2 heterocycles. The van der Waals surface area contributed by atoms with Gasteiger partial charge in [0.25, 0.3) is 0 Å². The number of nitrogens with zero attached hydrogens (tertiary/aromatic N) is 2. The SMILES string of the molecule is Cc1ccc(C(N)=O)cc1NC(=O)N1CCN([C@H]2CCS(=O)(=O)C2)CC1. The predicted octanol–water partition coefficient (Wildman–Crippen LogP) is 0.431. The average Bonchev–Trinajstić information content (AvgIpc) is 2.96. The molecule has 0 saturated carbocycles. The molecule has 3 amide bonds. The maximum absolute atomic E-state index is 12.5. The minimum Gasteiger partial charge on any atom is -0.366 e. The standard InChI is InChI=1S/C17H24N4O4S/c1-12-2-3-13(16(18)22)10-15(12)19-17(23)21-7-5-20(6-8-21)14-4-9-26(24,25)11-14/h2-3,10,14H,4-9,11H2,1H3,(H2,18,22)(H,19,23)/t14-/m0/s1. The molecule has 9 heteroatoms. The van der Waals surface area contributed by atoms with E-state index in [0.717, 1.165) is 5.56 Å². The van der Waals surface area contributed by atoms with Crippen LogP contribution in [0.5, 0.6) is 0 Å². The van der Waals surface area contributed by atoms with Crippen LogP contribution < -0.4 is 11.1 Å². The van der Waals surface area contributed by atoms with Crippen LogP contribution in [0.3, 0.4) is 0 Å². The van der Waals surface area contributed by atoms with Gasteiger partial charge in [-0.15, -0.1) is 0 Å². The fraction of sp³-hybridized carbons (Fsp3) is 0.529. The van der Waals surface area contributed by atoms with Crippen molar-refractivity contribution in [1.29, 1.82) is 0 Å². The summed E-state index contributed by atoms with van der Waals surface area (Å²) < 4.78 is 23.3. The fourth-order valence-electron chi connectivity index (χ4n) is 3.46. The second-order valence-electron chi connectivity index (χ2n) is 6.90. The second kappa shape index (κ2) is 7.24. The largest absolute Gasteiger partial charge is 0.366 e. The number of benzene rings is 1. The van der Waals surface area contributed by atoms with Crippen LogP contribution in [0.2, 0.25) is 0 Å². The molecule has 0 radical (unpaired) electrons. The Labute approximate surface area is 153 Å². The smallest absolute Gasteiger partial charge is 0.321 e. The van der Waals surface area contributed by atoms with Crippen molar-refractivity contribution in [2.75, 3.05) is 43.0 Å². The van der Waals surface area contributed by atoms with E-state index in [2.05, 4.69) is 10.2 Å². The van der Waals surface area contributed by atoms with Crippen molar-refractivity contribution < 1.29 is 18.0 Å². The number of nitrogens with two attached hydrogens (primary N) is 1. The molecular weight excluding hydrogens is 356 g/mol. The molecule has 0 unspecified atom stereocenters. The average molecular weight is 380 g/mol. The maximum atomic E-state index is 12.5. The zero-order valence-corrected chi connectivity index (χ0v) is 15.6. The van der Waals surface area contributed by atoms with Crippen molar-refractivity contribution >= 4 is 27.5 Å². The van der Waals surface area contributed by atoms with Gasteiger partial charge in [-0.2, -0.15) is 0 Å². The van der Waals surface area contributed by atoms with E-state index in [0.29, 0.717) is 43.9 Å². The highest BCUT2D eigenvalue weighted by atomic mass is 32.2. The van der Waals surface area contributed by atoms with Crippen molar-refractivity contribution in [3.8, 4) is 0 Å². The van der Waals surface area contributed by atoms with E-state index in [4.69, 9.17) is 5.73 Å². The number of carbonyl (C=O) groups is 2. The fourth-order valence-corrected chi connectivity index (χ4v) is 5.22. The molecule has 2 aliphatic rings. The molecule has 0 aliphatic carbocycles. The number of nitrogens with one attached hydrogen (secondary N) is 1. The molecular formula is C17H24N4O4S. The Bertz CT molecular complexity index is 816. The Hall–Kier alpha value is -2.13. The topological polar surface area (TPSA) is 113 Å². The molecule has 3 rings (SSSR count). The summed E-state index contributed by atoms with van der Waals surface area (Å²) in [5.41, 5.74) is 7.05. The first kappa shape index (κ1) is 18.7. The van der Waals surface area contributed by atoms with Gasteiger partial charge in [-0.05, 0) is 31.0 Å². The Morgan fingerprint density at radius 3 is 2.46 bits per heavy atom. The van der Waals surface area contributed by atoms with Crippen molar-refractivity contribution in [3.05, 3.63) is 29.3 Å². The third kappa shape index (κ3) is 4.16. The first-order chi connectivity index (χ1) is 12.2. The Balaban J connectivity index is 1.57. The van der Waals surface area contributed by atoms with E-state index in [1.54, 1.807) is 23.1 Å². The third-order valence-corrected chi connectivity index (χ3v) is 6.84. The van der Waals surface area contributed by atoms with E-state index in [1.165, 1.54) is 0 Å². The molecule has 2 aliphatic heterocycles. The zero-order valence-electron chi connectivity index (χ0n) is 14.8. The molecule has 1 aromatic rings. The Morgan fingerprint density at radius 1 is 1.19 bits per heavy atom. The van der Waals surface area contributed by atoms with E-state index >= 15 is 0 Å². The molecule has 8 nitrogen and oxygen atoms in total. The number of carbonyl (C=O) groups excluding carboxylic acids is 2. The summed E-state index contributed by atoms with van der Waals surface area (Å²) in [4.78, 5) is 27.7. The number of hydrogen-bond acceptors (Lipinski definition) is 5. The number of rotatable bonds is 3. The Morgan fingerprint density at radius 2 is 1.88 bits per heavy atom. The number of sulfone groups is 1. The molecule has 26 heavy (non-hydrogen) atoms. The third-order valence-electron chi connectivity index (χ3n) is 5.09. The van der Waals surface area contributed by atoms with Crippen molar-refractivity contribution in [2.45, 2.75) is 19.4 Å². The summed E-state index contributed by atoms with van der Waals surface area (Å²) in [6.07, 6.45) is 0.674. The van der Waals surface area contributed by atoms with E-state index < -0.39 is 15.7 Å². The summed E-state index contributed by atoms with van der Waals surface area (Å²) in [7, 11) is -2.90. The lowest BCUT2D eigenvalue weighted by molar-refractivity contribution is 0.1000. The summed E-state index contributed by atoms with van der Waals surface area (Å²) >= 11 is 0. The van der Waals surface area contributed by atoms with Gasteiger partial charge in [0.2, 0.25) is 5.91 Å². The number of primary amides is 1. The maximum Gasteiger partial charge on any atom is 0.321 e. The molecule has 1 atom stereocenters. The minimum absolute atomic E-state index is 0.0692. The van der Waals surface area contributed by atoms with E-state index in [-0.39, 0.29) is 23.6 Å². The number of urea groups is 1. The number of aryl methyl sites for hydroxylation is 1. The van der Waals surface area contributed by atoms with Crippen molar-refractivity contribution in [1.82, 2.24) is 9.80 Å². The zero-order chi connectivity index (χ0) is 18.9. The highest BCUT2D eigenvalue weighted by molar-refractivity contribution is 7.91. The number of amides is 3. The van der Waals surface area contributed by atoms with Crippen molar-refractivity contribution in [2.24, 2.45) is 5.73 Å². The highest BCUT2D eigenvalue weighted by Gasteiger charge is 2.34. The van der Waals surface area contributed by atoms with Gasteiger partial charge in [-0.3, -0.25) is 9.69 Å². The minimum atomic E-state index is -2.90. The summed E-state index contributed by atoms with van der Waals surface area (Å²) in [5, 5.41) is 2.84. The monoisotopic (exact) mass is 380 g/mol. The van der Waals surface area contributed by atoms with Gasteiger partial charge in [0.1, 0.15) is 0 Å². The molecule has 2 fully saturated rings. The first-order valence-corrected chi connectivity index (χ1v) is 10.5. The van der Waals surface area contributed by atoms with Gasteiger partial charge in [-0.25, -0.2) is 13.2 Å². The number of hydrogen-bond donors (Lipinski definition) is 2. The predicted molar refractivity (Wildman–Crippen MR) is 98.9 cm³/mol. The van der Waals surface area contributed by atoms with Crippen LogP contribution in [0.1, 0.15) is 22.3 Å². The van der Waals surface area contributed by atoms with Crippen LogP contribution in [0.15, 0.2) is 18.2 Å². The molecule has 3 N–H and O–H groups in total.